The van der Waals surface area contributed by atoms with E-state index in [0.717, 1.165) is 12.0 Å². The summed E-state index contributed by atoms with van der Waals surface area (Å²) in [5.74, 6) is 0. The van der Waals surface area contributed by atoms with Gasteiger partial charge in [0.15, 0.2) is 0 Å². The second-order valence-corrected chi connectivity index (χ2v) is 7.87. The molecule has 0 aliphatic carbocycles. The molecule has 0 saturated carbocycles. The number of benzene rings is 1. The first-order chi connectivity index (χ1) is 12.0. The summed E-state index contributed by atoms with van der Waals surface area (Å²) in [4.78, 5) is 12.0. The number of hydrogen-bond acceptors (Lipinski definition) is 3. The van der Waals surface area contributed by atoms with Crippen molar-refractivity contribution in [3.05, 3.63) is 35.9 Å². The molecule has 4 nitrogen and oxygen atoms in total. The minimum Gasteiger partial charge on any atom is -0.444 e. The normalized spacial score (nSPS) is 14.0. The van der Waals surface area contributed by atoms with Crippen molar-refractivity contribution in [1.82, 2.24) is 5.32 Å². The van der Waals surface area contributed by atoms with E-state index in [1.54, 1.807) is 27.7 Å². The quantitative estimate of drug-likeness (QED) is 0.577. The minimum atomic E-state index is -2.55. The average molecular weight is 368 g/mol. The average Bonchev–Trinajstić information content (AvgIpc) is 2.49. The highest BCUT2D eigenvalue weighted by molar-refractivity contribution is 5.81. The molecule has 1 aromatic rings. The molecule has 0 fully saturated rings. The smallest absolute Gasteiger partial charge is 0.408 e. The predicted octanol–water partition coefficient (Wildman–Crippen LogP) is 5.36. The second kappa shape index (κ2) is 9.64. The Morgan fingerprint density at radius 3 is 2.31 bits per heavy atom. The second-order valence-electron chi connectivity index (χ2n) is 7.87. The zero-order chi connectivity index (χ0) is 19.8. The Balaban J connectivity index is 2.57. The number of hydrogen-bond donors (Lipinski definition) is 2. The van der Waals surface area contributed by atoms with Crippen LogP contribution in [0.15, 0.2) is 30.3 Å². The molecule has 2 N–H and O–H groups in total. The predicted molar refractivity (Wildman–Crippen MR) is 100 cm³/mol. The summed E-state index contributed by atoms with van der Waals surface area (Å²) < 4.78 is 31.1. The third kappa shape index (κ3) is 9.49. The molecule has 6 heteroatoms. The van der Waals surface area contributed by atoms with Gasteiger partial charge in [-0.1, -0.05) is 30.3 Å². The topological polar surface area (TPSA) is 62.2 Å². The maximum Gasteiger partial charge on any atom is 0.408 e. The fourth-order valence-corrected chi connectivity index (χ4v) is 2.60. The van der Waals surface area contributed by atoms with E-state index in [4.69, 9.17) is 10.1 Å². The van der Waals surface area contributed by atoms with Crippen LogP contribution < -0.4 is 5.32 Å². The largest absolute Gasteiger partial charge is 0.444 e. The molecule has 0 aliphatic rings. The number of amides is 1. The van der Waals surface area contributed by atoms with E-state index in [0.29, 0.717) is 18.6 Å². The Labute approximate surface area is 154 Å². The monoisotopic (exact) mass is 368 g/mol. The minimum absolute atomic E-state index is 0.268. The first-order valence-corrected chi connectivity index (χ1v) is 8.89. The van der Waals surface area contributed by atoms with Gasteiger partial charge in [0.1, 0.15) is 5.60 Å². The Hall–Kier alpha value is -1.98. The Kier molecular flexibility index (Phi) is 8.18. The number of carbonyl (C=O) groups excluding carboxylic acids is 1. The number of nitrogens with one attached hydrogen (secondary N) is 2. The highest BCUT2D eigenvalue weighted by Gasteiger charge is 2.32. The van der Waals surface area contributed by atoms with Crippen molar-refractivity contribution >= 4 is 11.8 Å². The zero-order valence-corrected chi connectivity index (χ0v) is 16.1. The third-order valence-electron chi connectivity index (χ3n) is 3.94. The summed E-state index contributed by atoms with van der Waals surface area (Å²) >= 11 is 0. The first-order valence-electron chi connectivity index (χ1n) is 8.89. The molecular weight excluding hydrogens is 338 g/mol. The SMILES string of the molecule is CC(CCC(=N)CCc1ccccc1)(CC(F)F)NC(=O)OC(C)(C)C. The molecule has 0 saturated heterocycles. The first kappa shape index (κ1) is 22.1. The highest BCUT2D eigenvalue weighted by Crippen LogP contribution is 2.23. The number of alkyl carbamates (subject to hydrolysis) is 1. The van der Waals surface area contributed by atoms with Crippen molar-refractivity contribution in [2.75, 3.05) is 0 Å². The molecule has 0 radical (unpaired) electrons. The van der Waals surface area contributed by atoms with Crippen molar-refractivity contribution in [3.8, 4) is 0 Å². The van der Waals surface area contributed by atoms with Gasteiger partial charge in [0, 0.05) is 17.7 Å². The highest BCUT2D eigenvalue weighted by atomic mass is 19.3. The molecule has 1 rings (SSSR count). The Bertz CT molecular complexity index is 585. The van der Waals surface area contributed by atoms with Crippen LogP contribution in [0, 0.1) is 5.41 Å². The van der Waals surface area contributed by atoms with Crippen LogP contribution in [-0.4, -0.2) is 29.4 Å². The number of halogens is 2. The van der Waals surface area contributed by atoms with Crippen molar-refractivity contribution in [1.29, 1.82) is 5.41 Å². The summed E-state index contributed by atoms with van der Waals surface area (Å²) in [7, 11) is 0. The maximum absolute atomic E-state index is 13.0. The van der Waals surface area contributed by atoms with Gasteiger partial charge in [-0.25, -0.2) is 13.6 Å². The van der Waals surface area contributed by atoms with Crippen LogP contribution in [0.25, 0.3) is 0 Å². The van der Waals surface area contributed by atoms with Gasteiger partial charge in [-0.15, -0.1) is 0 Å². The summed E-state index contributed by atoms with van der Waals surface area (Å²) in [5.41, 5.74) is -0.187. The number of alkyl halides is 2. The van der Waals surface area contributed by atoms with E-state index in [1.165, 1.54) is 0 Å². The molecule has 1 aromatic carbocycles. The van der Waals surface area contributed by atoms with Crippen molar-refractivity contribution in [3.63, 3.8) is 0 Å². The van der Waals surface area contributed by atoms with Gasteiger partial charge in [0.05, 0.1) is 0 Å². The summed E-state index contributed by atoms with van der Waals surface area (Å²) in [6.07, 6.45) is -1.80. The van der Waals surface area contributed by atoms with Gasteiger partial charge in [-0.2, -0.15) is 0 Å². The van der Waals surface area contributed by atoms with E-state index < -0.39 is 30.1 Å². The van der Waals surface area contributed by atoms with Crippen molar-refractivity contribution < 1.29 is 18.3 Å². The molecule has 26 heavy (non-hydrogen) atoms. The summed E-state index contributed by atoms with van der Waals surface area (Å²) in [6.45, 7) is 6.73. The number of ether oxygens (including phenoxy) is 1. The van der Waals surface area contributed by atoms with E-state index in [9.17, 15) is 13.6 Å². The van der Waals surface area contributed by atoms with Crippen molar-refractivity contribution in [2.24, 2.45) is 0 Å². The van der Waals surface area contributed by atoms with E-state index in [2.05, 4.69) is 5.32 Å². The van der Waals surface area contributed by atoms with Crippen LogP contribution in [0.4, 0.5) is 13.6 Å². The lowest BCUT2D eigenvalue weighted by Crippen LogP contribution is -2.49. The van der Waals surface area contributed by atoms with Crippen molar-refractivity contribution in [2.45, 2.75) is 77.4 Å². The molecular formula is C20H30F2N2O2. The van der Waals surface area contributed by atoms with Gasteiger partial charge in [-0.3, -0.25) is 0 Å². The van der Waals surface area contributed by atoms with Gasteiger partial charge < -0.3 is 15.5 Å². The number of carbonyl (C=O) groups is 1. The molecule has 146 valence electrons. The lowest BCUT2D eigenvalue weighted by Gasteiger charge is -2.32. The van der Waals surface area contributed by atoms with Crippen LogP contribution in [0.5, 0.6) is 0 Å². The van der Waals surface area contributed by atoms with Crippen LogP contribution in [0.1, 0.15) is 58.9 Å². The lowest BCUT2D eigenvalue weighted by atomic mass is 9.90. The molecule has 1 amide bonds. The van der Waals surface area contributed by atoms with Crippen LogP contribution in [0.3, 0.4) is 0 Å². The van der Waals surface area contributed by atoms with Gasteiger partial charge in [0.25, 0.3) is 0 Å². The maximum atomic E-state index is 13.0. The summed E-state index contributed by atoms with van der Waals surface area (Å²) in [6, 6.07) is 9.83. The zero-order valence-electron chi connectivity index (χ0n) is 16.1. The molecule has 0 aliphatic heterocycles. The molecule has 1 unspecified atom stereocenters. The Morgan fingerprint density at radius 1 is 1.15 bits per heavy atom. The molecule has 0 spiro atoms. The number of rotatable bonds is 9. The molecule has 0 heterocycles. The molecule has 0 aromatic heterocycles. The van der Waals surface area contributed by atoms with E-state index in [1.807, 2.05) is 30.3 Å². The third-order valence-corrected chi connectivity index (χ3v) is 3.94. The summed E-state index contributed by atoms with van der Waals surface area (Å²) in [5, 5.41) is 10.7. The molecule has 0 bridgehead atoms. The molecule has 1 atom stereocenters. The van der Waals surface area contributed by atoms with E-state index >= 15 is 0 Å². The standard InChI is InChI=1S/C20H30F2N2O2/c1-19(2,3)26-18(25)24-20(4,14-17(21)22)13-12-16(23)11-10-15-8-6-5-7-9-15/h5-9,17,23H,10-14H2,1-4H3,(H,24,25). The fraction of sp³-hybridized carbons (Fsp3) is 0.600. The number of aryl methyl sites for hydroxylation is 1. The Morgan fingerprint density at radius 2 is 1.77 bits per heavy atom. The van der Waals surface area contributed by atoms with Gasteiger partial charge in [-0.05, 0) is 58.9 Å². The lowest BCUT2D eigenvalue weighted by molar-refractivity contribution is 0.0382. The van der Waals surface area contributed by atoms with Gasteiger partial charge >= 0.3 is 6.09 Å². The van der Waals surface area contributed by atoms with Crippen LogP contribution in [-0.2, 0) is 11.2 Å². The van der Waals surface area contributed by atoms with Crippen LogP contribution in [0.2, 0.25) is 0 Å². The fourth-order valence-electron chi connectivity index (χ4n) is 2.60. The van der Waals surface area contributed by atoms with E-state index in [-0.39, 0.29) is 6.42 Å². The van der Waals surface area contributed by atoms with Gasteiger partial charge in [0.2, 0.25) is 6.43 Å². The van der Waals surface area contributed by atoms with Crippen LogP contribution >= 0.6 is 0 Å².